The summed E-state index contributed by atoms with van der Waals surface area (Å²) in [6.45, 7) is 1.86. The van der Waals surface area contributed by atoms with Crippen LogP contribution in [0.2, 0.25) is 0 Å². The first-order chi connectivity index (χ1) is 8.50. The maximum atomic E-state index is 12.0. The van der Waals surface area contributed by atoms with Gasteiger partial charge in [-0.05, 0) is 19.8 Å². The van der Waals surface area contributed by atoms with E-state index >= 15 is 0 Å². The Morgan fingerprint density at radius 2 is 1.83 bits per heavy atom. The summed E-state index contributed by atoms with van der Waals surface area (Å²) in [4.78, 5) is 12.0. The predicted molar refractivity (Wildman–Crippen MR) is 70.0 cm³/mol. The van der Waals surface area contributed by atoms with Crippen molar-refractivity contribution >= 4 is 5.91 Å². The lowest BCUT2D eigenvalue weighted by atomic mass is 9.80. The molecule has 0 aliphatic heterocycles. The van der Waals surface area contributed by atoms with E-state index in [1.165, 1.54) is 6.42 Å². The summed E-state index contributed by atoms with van der Waals surface area (Å²) in [6, 6.07) is -0.181. The lowest BCUT2D eigenvalue weighted by Crippen LogP contribution is -2.49. The fourth-order valence-corrected chi connectivity index (χ4v) is 2.63. The summed E-state index contributed by atoms with van der Waals surface area (Å²) in [5.41, 5.74) is 5.93. The van der Waals surface area contributed by atoms with Gasteiger partial charge < -0.3 is 20.5 Å². The molecule has 1 unspecified atom stereocenters. The van der Waals surface area contributed by atoms with Crippen LogP contribution in [0.5, 0.6) is 0 Å². The van der Waals surface area contributed by atoms with Gasteiger partial charge in [0.05, 0.1) is 6.04 Å². The minimum absolute atomic E-state index is 0.0222. The van der Waals surface area contributed by atoms with Crippen LogP contribution in [-0.4, -0.2) is 38.0 Å². The van der Waals surface area contributed by atoms with Crippen molar-refractivity contribution in [2.24, 2.45) is 5.73 Å². The molecule has 1 rings (SSSR count). The highest BCUT2D eigenvalue weighted by atomic mass is 16.7. The van der Waals surface area contributed by atoms with E-state index in [1.54, 1.807) is 14.2 Å². The van der Waals surface area contributed by atoms with Gasteiger partial charge in [0.25, 0.3) is 0 Å². The Bertz CT molecular complexity index is 261. The molecular weight excluding hydrogens is 232 g/mol. The van der Waals surface area contributed by atoms with Gasteiger partial charge in [-0.1, -0.05) is 19.3 Å². The Morgan fingerprint density at radius 3 is 2.33 bits per heavy atom. The van der Waals surface area contributed by atoms with Gasteiger partial charge in [-0.15, -0.1) is 0 Å². The predicted octanol–water partition coefficient (Wildman–Crippen LogP) is 1.16. The van der Waals surface area contributed by atoms with Gasteiger partial charge in [-0.25, -0.2) is 0 Å². The largest absolute Gasteiger partial charge is 0.354 e. The molecule has 1 aliphatic rings. The molecule has 0 radical (unpaired) electrons. The number of nitrogens with one attached hydrogen (secondary N) is 1. The number of hydrogen-bond donors (Lipinski definition) is 2. The van der Waals surface area contributed by atoms with E-state index in [-0.39, 0.29) is 17.5 Å². The third kappa shape index (κ3) is 4.55. The maximum absolute atomic E-state index is 12.0. The van der Waals surface area contributed by atoms with E-state index < -0.39 is 6.29 Å². The first-order valence-electron chi connectivity index (χ1n) is 6.64. The number of ether oxygens (including phenoxy) is 2. The number of rotatable bonds is 6. The van der Waals surface area contributed by atoms with Gasteiger partial charge >= 0.3 is 0 Å². The van der Waals surface area contributed by atoms with E-state index in [0.717, 1.165) is 25.7 Å². The van der Waals surface area contributed by atoms with Gasteiger partial charge in [0.2, 0.25) is 5.91 Å². The van der Waals surface area contributed by atoms with Crippen LogP contribution < -0.4 is 11.1 Å². The van der Waals surface area contributed by atoms with Crippen molar-refractivity contribution in [3.8, 4) is 0 Å². The van der Waals surface area contributed by atoms with Crippen LogP contribution in [0.15, 0.2) is 0 Å². The number of carbonyl (C=O) groups is 1. The molecule has 1 saturated carbocycles. The fourth-order valence-electron chi connectivity index (χ4n) is 2.63. The molecule has 0 bridgehead atoms. The highest BCUT2D eigenvalue weighted by Gasteiger charge is 2.31. The number of nitrogens with two attached hydrogens (primary N) is 1. The van der Waals surface area contributed by atoms with Crippen LogP contribution in [0.3, 0.4) is 0 Å². The Kier molecular flexibility index (Phi) is 6.05. The third-order valence-electron chi connectivity index (χ3n) is 3.62. The van der Waals surface area contributed by atoms with Crippen molar-refractivity contribution < 1.29 is 14.3 Å². The van der Waals surface area contributed by atoms with Crippen LogP contribution in [0.1, 0.15) is 45.4 Å². The zero-order valence-corrected chi connectivity index (χ0v) is 11.7. The van der Waals surface area contributed by atoms with Crippen LogP contribution in [0, 0.1) is 0 Å². The van der Waals surface area contributed by atoms with Gasteiger partial charge in [0.1, 0.15) is 0 Å². The standard InChI is InChI=1S/C13H26N2O3/c1-10(12(17-2)18-3)15-11(16)9-13(14)7-5-4-6-8-13/h10,12H,4-9,14H2,1-3H3,(H,15,16). The SMILES string of the molecule is COC(OC)C(C)NC(=O)CC1(N)CCCCC1. The number of methoxy groups -OCH3 is 2. The minimum Gasteiger partial charge on any atom is -0.354 e. The van der Waals surface area contributed by atoms with Crippen LogP contribution >= 0.6 is 0 Å². The Labute approximate surface area is 109 Å². The molecule has 1 fully saturated rings. The summed E-state index contributed by atoms with van der Waals surface area (Å²) in [5.74, 6) is -0.0222. The van der Waals surface area contributed by atoms with Gasteiger partial charge in [0, 0.05) is 26.2 Å². The monoisotopic (exact) mass is 258 g/mol. The normalized spacial score (nSPS) is 20.7. The van der Waals surface area contributed by atoms with E-state index in [9.17, 15) is 4.79 Å². The van der Waals surface area contributed by atoms with E-state index in [2.05, 4.69) is 5.32 Å². The van der Waals surface area contributed by atoms with Gasteiger partial charge in [0.15, 0.2) is 6.29 Å². The number of hydrogen-bond acceptors (Lipinski definition) is 4. The summed E-state index contributed by atoms with van der Waals surface area (Å²) < 4.78 is 10.2. The average Bonchev–Trinajstić information content (AvgIpc) is 2.30. The minimum atomic E-state index is -0.422. The van der Waals surface area contributed by atoms with Crippen molar-refractivity contribution in [1.82, 2.24) is 5.32 Å². The van der Waals surface area contributed by atoms with E-state index in [1.807, 2.05) is 6.92 Å². The quantitative estimate of drug-likeness (QED) is 0.701. The second-order valence-corrected chi connectivity index (χ2v) is 5.30. The number of amides is 1. The maximum Gasteiger partial charge on any atom is 0.222 e. The molecular formula is C13H26N2O3. The van der Waals surface area contributed by atoms with Gasteiger partial charge in [-0.3, -0.25) is 4.79 Å². The Balaban J connectivity index is 2.40. The molecule has 0 aromatic rings. The zero-order valence-electron chi connectivity index (χ0n) is 11.7. The fraction of sp³-hybridized carbons (Fsp3) is 0.923. The van der Waals surface area contributed by atoms with Crippen molar-refractivity contribution in [3.05, 3.63) is 0 Å². The van der Waals surface area contributed by atoms with E-state index in [4.69, 9.17) is 15.2 Å². The molecule has 5 nitrogen and oxygen atoms in total. The molecule has 1 amide bonds. The van der Waals surface area contributed by atoms with Crippen LogP contribution in [0.25, 0.3) is 0 Å². The van der Waals surface area contributed by atoms with Gasteiger partial charge in [-0.2, -0.15) is 0 Å². The smallest absolute Gasteiger partial charge is 0.222 e. The summed E-state index contributed by atoms with van der Waals surface area (Å²) >= 11 is 0. The molecule has 0 aromatic carbocycles. The average molecular weight is 258 g/mol. The molecule has 0 heterocycles. The summed E-state index contributed by atoms with van der Waals surface area (Å²) in [7, 11) is 3.12. The number of carbonyl (C=O) groups excluding carboxylic acids is 1. The lowest BCUT2D eigenvalue weighted by Gasteiger charge is -2.33. The first kappa shape index (κ1) is 15.4. The molecule has 106 valence electrons. The highest BCUT2D eigenvalue weighted by molar-refractivity contribution is 5.77. The third-order valence-corrected chi connectivity index (χ3v) is 3.62. The van der Waals surface area contributed by atoms with Crippen molar-refractivity contribution in [3.63, 3.8) is 0 Å². The molecule has 1 atom stereocenters. The zero-order chi connectivity index (χ0) is 13.6. The summed E-state index contributed by atoms with van der Waals surface area (Å²) in [5, 5.41) is 2.89. The van der Waals surface area contributed by atoms with Crippen LogP contribution in [0.4, 0.5) is 0 Å². The summed E-state index contributed by atoms with van der Waals surface area (Å²) in [6.07, 6.45) is 5.31. The molecule has 18 heavy (non-hydrogen) atoms. The molecule has 1 aliphatic carbocycles. The van der Waals surface area contributed by atoms with Crippen LogP contribution in [-0.2, 0) is 14.3 Å². The molecule has 0 spiro atoms. The second-order valence-electron chi connectivity index (χ2n) is 5.30. The molecule has 0 saturated heterocycles. The Morgan fingerprint density at radius 1 is 1.28 bits per heavy atom. The first-order valence-corrected chi connectivity index (χ1v) is 6.64. The Hall–Kier alpha value is -0.650. The highest BCUT2D eigenvalue weighted by Crippen LogP contribution is 2.28. The molecule has 5 heteroatoms. The second kappa shape index (κ2) is 7.07. The van der Waals surface area contributed by atoms with Crippen molar-refractivity contribution in [2.45, 2.75) is 63.3 Å². The van der Waals surface area contributed by atoms with Crippen molar-refractivity contribution in [1.29, 1.82) is 0 Å². The van der Waals surface area contributed by atoms with Crippen molar-refractivity contribution in [2.75, 3.05) is 14.2 Å². The lowest BCUT2D eigenvalue weighted by molar-refractivity contribution is -0.136. The van der Waals surface area contributed by atoms with E-state index in [0.29, 0.717) is 6.42 Å². The molecule has 0 aromatic heterocycles. The topological polar surface area (TPSA) is 73.6 Å². The molecule has 3 N–H and O–H groups in total.